The van der Waals surface area contributed by atoms with Crippen LogP contribution in [0.25, 0.3) is 0 Å². The van der Waals surface area contributed by atoms with Gasteiger partial charge >= 0.3 is 16.6 Å². The molecule has 0 saturated heterocycles. The van der Waals surface area contributed by atoms with Crippen LogP contribution in [-0.2, 0) is 3.79 Å². The summed E-state index contributed by atoms with van der Waals surface area (Å²) in [6.07, 6.45) is 0. The summed E-state index contributed by atoms with van der Waals surface area (Å²) >= 11 is 1.52. The predicted octanol–water partition coefficient (Wildman–Crippen LogP) is -0.161. The van der Waals surface area contributed by atoms with Crippen molar-refractivity contribution in [3.05, 3.63) is 0 Å². The molecule has 2 heteroatoms. The first-order valence-corrected chi connectivity index (χ1v) is 1.86. The molecule has 0 aromatic rings. The molecule has 1 nitrogen and oxygen atoms in total. The maximum atomic E-state index is 4.57. The fraction of sp³-hybridized carbons (Fsp3) is 1.00. The summed E-state index contributed by atoms with van der Waals surface area (Å²) in [6.45, 7) is 2.80. The highest BCUT2D eigenvalue weighted by atomic mass is 27.1. The molecule has 0 spiro atoms. The van der Waals surface area contributed by atoms with Crippen molar-refractivity contribution in [2.75, 3.05) is 6.61 Å². The standard InChI is InChI=1S/C2H5O.Al.H/c1-2-3;;/h2H2,1H3;;/q-1;+1;. The summed E-state index contributed by atoms with van der Waals surface area (Å²) in [6, 6.07) is 0. The largest absolute Gasteiger partial charge is 0.510 e. The van der Waals surface area contributed by atoms with Crippen LogP contribution in [0, 0.1) is 0 Å². The van der Waals surface area contributed by atoms with Gasteiger partial charge in [0.2, 0.25) is 0 Å². The lowest BCUT2D eigenvalue weighted by molar-refractivity contribution is 0.375. The molecule has 0 aromatic heterocycles. The molecular formula is C2H6AlO. The topological polar surface area (TPSA) is 9.23 Å². The van der Waals surface area contributed by atoms with Crippen LogP contribution in [0.3, 0.4) is 0 Å². The van der Waals surface area contributed by atoms with E-state index in [1.807, 2.05) is 6.92 Å². The van der Waals surface area contributed by atoms with E-state index in [1.165, 1.54) is 16.6 Å². The van der Waals surface area contributed by atoms with Gasteiger partial charge in [0, 0.05) is 6.61 Å². The quantitative estimate of drug-likeness (QED) is 0.392. The lowest BCUT2D eigenvalue weighted by Gasteiger charge is -1.79. The Bertz CT molecular complexity index is 8.00. The number of hydrogen-bond acceptors (Lipinski definition) is 1. The van der Waals surface area contributed by atoms with Crippen LogP contribution in [0.1, 0.15) is 6.92 Å². The zero-order chi connectivity index (χ0) is 3.41. The Labute approximate surface area is 34.7 Å². The van der Waals surface area contributed by atoms with Gasteiger partial charge in [-0.3, -0.25) is 0 Å². The highest BCUT2D eigenvalue weighted by Crippen LogP contribution is 1.50. The van der Waals surface area contributed by atoms with E-state index in [-0.39, 0.29) is 0 Å². The van der Waals surface area contributed by atoms with Gasteiger partial charge in [-0.25, -0.2) is 0 Å². The first-order chi connectivity index (χ1) is 1.91. The van der Waals surface area contributed by atoms with Crippen molar-refractivity contribution < 1.29 is 3.79 Å². The number of rotatable bonds is 1. The van der Waals surface area contributed by atoms with Gasteiger partial charge in [0.25, 0.3) is 0 Å². The molecule has 0 aliphatic rings. The highest BCUT2D eigenvalue weighted by molar-refractivity contribution is 5.97. The molecule has 4 heavy (non-hydrogen) atoms. The average molecular weight is 73.1 g/mol. The molecule has 0 aromatic carbocycles. The van der Waals surface area contributed by atoms with Crippen LogP contribution in [0.2, 0.25) is 0 Å². The van der Waals surface area contributed by atoms with Crippen molar-refractivity contribution in [3.8, 4) is 0 Å². The minimum atomic E-state index is 0.832. The fourth-order valence-electron chi connectivity index (χ4n) is 0. The second-order valence-electron chi connectivity index (χ2n) is 0.493. The average Bonchev–Trinajstić information content (AvgIpc) is 1.37. The summed E-state index contributed by atoms with van der Waals surface area (Å²) in [7, 11) is 0. The molecule has 0 bridgehead atoms. The monoisotopic (exact) mass is 73.0 g/mol. The van der Waals surface area contributed by atoms with Gasteiger partial charge in [0.05, 0.1) is 0 Å². The number of hydrogen-bond donors (Lipinski definition) is 0. The van der Waals surface area contributed by atoms with Crippen molar-refractivity contribution in [2.24, 2.45) is 0 Å². The van der Waals surface area contributed by atoms with E-state index in [4.69, 9.17) is 0 Å². The van der Waals surface area contributed by atoms with Crippen molar-refractivity contribution in [1.82, 2.24) is 0 Å². The summed E-state index contributed by atoms with van der Waals surface area (Å²) in [4.78, 5) is 0. The predicted molar refractivity (Wildman–Crippen MR) is 18.8 cm³/mol. The lowest BCUT2D eigenvalue weighted by atomic mass is 10.9. The van der Waals surface area contributed by atoms with E-state index >= 15 is 0 Å². The molecule has 0 aliphatic heterocycles. The molecular weight excluding hydrogens is 67.0 g/mol. The molecule has 0 atom stereocenters. The SMILES string of the molecule is CC[O][AlH]. The van der Waals surface area contributed by atoms with Crippen LogP contribution in [0.5, 0.6) is 0 Å². The van der Waals surface area contributed by atoms with Crippen molar-refractivity contribution in [3.63, 3.8) is 0 Å². The second-order valence-corrected chi connectivity index (χ2v) is 0.901. The van der Waals surface area contributed by atoms with Gasteiger partial charge in [0.1, 0.15) is 0 Å². The Morgan fingerprint density at radius 1 is 2.00 bits per heavy atom. The molecule has 23 valence electrons. The maximum Gasteiger partial charge on any atom is 0.394 e. The molecule has 0 fully saturated rings. The second kappa shape index (κ2) is 3.49. The Morgan fingerprint density at radius 2 is 2.25 bits per heavy atom. The van der Waals surface area contributed by atoms with Gasteiger partial charge < -0.3 is 3.79 Å². The van der Waals surface area contributed by atoms with Gasteiger partial charge in [-0.15, -0.1) is 0 Å². The normalized spacial score (nSPS) is 7.25. The lowest BCUT2D eigenvalue weighted by Crippen LogP contribution is -1.76. The molecule has 0 rings (SSSR count). The Morgan fingerprint density at radius 3 is 2.25 bits per heavy atom. The maximum absolute atomic E-state index is 4.57. The van der Waals surface area contributed by atoms with Crippen LogP contribution in [-0.4, -0.2) is 23.2 Å². The molecule has 0 aliphatic carbocycles. The zero-order valence-electron chi connectivity index (χ0n) is 2.82. The van der Waals surface area contributed by atoms with Crippen LogP contribution < -0.4 is 0 Å². The van der Waals surface area contributed by atoms with E-state index < -0.39 is 0 Å². The third-order valence-corrected chi connectivity index (χ3v) is 0.612. The summed E-state index contributed by atoms with van der Waals surface area (Å²) in [5.74, 6) is 0. The molecule has 1 radical (unpaired) electrons. The third kappa shape index (κ3) is 2.49. The Balaban J connectivity index is 1.97. The summed E-state index contributed by atoms with van der Waals surface area (Å²) in [5, 5.41) is 0. The third-order valence-electron chi connectivity index (χ3n) is 0.204. The van der Waals surface area contributed by atoms with E-state index in [0.717, 1.165) is 6.61 Å². The highest BCUT2D eigenvalue weighted by Gasteiger charge is 1.52. The van der Waals surface area contributed by atoms with E-state index in [1.54, 1.807) is 0 Å². The van der Waals surface area contributed by atoms with Crippen LogP contribution in [0.15, 0.2) is 0 Å². The van der Waals surface area contributed by atoms with E-state index in [2.05, 4.69) is 3.79 Å². The minimum absolute atomic E-state index is 0.832. The molecule has 0 N–H and O–H groups in total. The Kier molecular flexibility index (Phi) is 3.92. The minimum Gasteiger partial charge on any atom is -0.510 e. The molecule has 0 amide bonds. The fourth-order valence-corrected chi connectivity index (χ4v) is 0. The molecule has 0 unspecified atom stereocenters. The van der Waals surface area contributed by atoms with E-state index in [0.29, 0.717) is 0 Å². The van der Waals surface area contributed by atoms with Gasteiger partial charge in [0.15, 0.2) is 0 Å². The van der Waals surface area contributed by atoms with Crippen molar-refractivity contribution >= 4 is 16.6 Å². The molecule has 0 saturated carbocycles. The molecule has 0 heterocycles. The first-order valence-electron chi connectivity index (χ1n) is 1.28. The summed E-state index contributed by atoms with van der Waals surface area (Å²) < 4.78 is 4.57. The zero-order valence-corrected chi connectivity index (χ0v) is 4.24. The van der Waals surface area contributed by atoms with Crippen molar-refractivity contribution in [1.29, 1.82) is 0 Å². The smallest absolute Gasteiger partial charge is 0.394 e. The van der Waals surface area contributed by atoms with Gasteiger partial charge in [-0.2, -0.15) is 0 Å². The van der Waals surface area contributed by atoms with Crippen molar-refractivity contribution in [2.45, 2.75) is 6.92 Å². The van der Waals surface area contributed by atoms with Crippen LogP contribution in [0.4, 0.5) is 0 Å². The van der Waals surface area contributed by atoms with Gasteiger partial charge in [-0.05, 0) is 6.92 Å². The Hall–Kier alpha value is 0.492. The summed E-state index contributed by atoms with van der Waals surface area (Å²) in [5.41, 5.74) is 0. The van der Waals surface area contributed by atoms with Crippen LogP contribution >= 0.6 is 0 Å². The van der Waals surface area contributed by atoms with E-state index in [9.17, 15) is 0 Å². The van der Waals surface area contributed by atoms with Gasteiger partial charge in [-0.1, -0.05) is 0 Å². The first kappa shape index (κ1) is 4.49.